The molecular formula is C13H12BrF3N4O2S. The molecule has 0 aliphatic carbocycles. The van der Waals surface area contributed by atoms with Crippen molar-refractivity contribution in [1.82, 2.24) is 14.9 Å². The van der Waals surface area contributed by atoms with E-state index in [4.69, 9.17) is 21.7 Å². The molecule has 24 heavy (non-hydrogen) atoms. The lowest BCUT2D eigenvalue weighted by Gasteiger charge is -2.12. The SMILES string of the molecule is CCOc1c(Br)cc(/C=N\n2c(C(F)(F)F)n[nH]c2=S)cc1OC. The second-order valence-electron chi connectivity index (χ2n) is 4.37. The lowest BCUT2D eigenvalue weighted by Crippen LogP contribution is -2.12. The maximum atomic E-state index is 12.8. The Morgan fingerprint density at radius 2 is 2.17 bits per heavy atom. The van der Waals surface area contributed by atoms with Crippen molar-refractivity contribution in [2.24, 2.45) is 5.10 Å². The minimum Gasteiger partial charge on any atom is -0.493 e. The van der Waals surface area contributed by atoms with Crippen molar-refractivity contribution in [2.75, 3.05) is 13.7 Å². The number of hydrogen-bond acceptors (Lipinski definition) is 5. The van der Waals surface area contributed by atoms with Gasteiger partial charge < -0.3 is 9.47 Å². The van der Waals surface area contributed by atoms with Crippen LogP contribution in [0.4, 0.5) is 13.2 Å². The minimum atomic E-state index is -4.68. The number of benzene rings is 1. The van der Waals surface area contributed by atoms with E-state index in [1.165, 1.54) is 13.3 Å². The van der Waals surface area contributed by atoms with Gasteiger partial charge in [0.15, 0.2) is 11.5 Å². The van der Waals surface area contributed by atoms with Gasteiger partial charge in [-0.05, 0) is 52.8 Å². The zero-order chi connectivity index (χ0) is 17.9. The third-order valence-corrected chi connectivity index (χ3v) is 3.62. The largest absolute Gasteiger partial charge is 0.493 e. The molecule has 0 aliphatic heterocycles. The lowest BCUT2D eigenvalue weighted by molar-refractivity contribution is -0.147. The molecule has 0 bridgehead atoms. The van der Waals surface area contributed by atoms with Crippen LogP contribution in [0.1, 0.15) is 18.3 Å². The summed E-state index contributed by atoms with van der Waals surface area (Å²) in [5, 5.41) is 8.96. The van der Waals surface area contributed by atoms with E-state index in [0.29, 0.717) is 32.8 Å². The summed E-state index contributed by atoms with van der Waals surface area (Å²) in [5.74, 6) is -0.326. The highest BCUT2D eigenvalue weighted by Gasteiger charge is 2.37. The number of aromatic nitrogens is 3. The highest BCUT2D eigenvalue weighted by molar-refractivity contribution is 9.10. The number of methoxy groups -OCH3 is 1. The van der Waals surface area contributed by atoms with Gasteiger partial charge in [0.1, 0.15) is 0 Å². The van der Waals surface area contributed by atoms with E-state index in [0.717, 1.165) is 0 Å². The fourth-order valence-corrected chi connectivity index (χ4v) is 2.56. The van der Waals surface area contributed by atoms with Crippen molar-refractivity contribution in [1.29, 1.82) is 0 Å². The highest BCUT2D eigenvalue weighted by atomic mass is 79.9. The number of halogens is 4. The molecule has 0 spiro atoms. The molecule has 130 valence electrons. The zero-order valence-electron chi connectivity index (χ0n) is 12.5. The smallest absolute Gasteiger partial charge is 0.453 e. The van der Waals surface area contributed by atoms with E-state index >= 15 is 0 Å². The van der Waals surface area contributed by atoms with Crippen molar-refractivity contribution < 1.29 is 22.6 Å². The first-order valence-electron chi connectivity index (χ1n) is 6.57. The van der Waals surface area contributed by atoms with Gasteiger partial charge in [-0.2, -0.15) is 22.9 Å². The number of aromatic amines is 1. The lowest BCUT2D eigenvalue weighted by atomic mass is 10.2. The number of ether oxygens (including phenoxy) is 2. The zero-order valence-corrected chi connectivity index (χ0v) is 14.9. The molecule has 1 aromatic heterocycles. The average Bonchev–Trinajstić information content (AvgIpc) is 2.88. The maximum absolute atomic E-state index is 12.8. The van der Waals surface area contributed by atoms with Gasteiger partial charge in [-0.1, -0.05) is 0 Å². The molecule has 0 unspecified atom stereocenters. The highest BCUT2D eigenvalue weighted by Crippen LogP contribution is 2.36. The van der Waals surface area contributed by atoms with Crippen LogP contribution in [0.2, 0.25) is 0 Å². The van der Waals surface area contributed by atoms with Crippen LogP contribution < -0.4 is 9.47 Å². The molecule has 0 fully saturated rings. The Labute approximate surface area is 148 Å². The third kappa shape index (κ3) is 3.96. The van der Waals surface area contributed by atoms with E-state index in [1.807, 2.05) is 6.92 Å². The molecular weight excluding hydrogens is 413 g/mol. The number of rotatable bonds is 5. The second-order valence-corrected chi connectivity index (χ2v) is 5.61. The Morgan fingerprint density at radius 1 is 1.46 bits per heavy atom. The predicted octanol–water partition coefficient (Wildman–Crippen LogP) is 4.01. The monoisotopic (exact) mass is 424 g/mol. The number of hydrogen-bond donors (Lipinski definition) is 1. The summed E-state index contributed by atoms with van der Waals surface area (Å²) in [6.07, 6.45) is -3.47. The molecule has 0 saturated carbocycles. The van der Waals surface area contributed by atoms with E-state index in [-0.39, 0.29) is 4.77 Å². The Kier molecular flexibility index (Phi) is 5.65. The molecule has 0 amide bonds. The van der Waals surface area contributed by atoms with Crippen molar-refractivity contribution >= 4 is 34.4 Å². The van der Waals surface area contributed by atoms with Gasteiger partial charge in [-0.25, -0.2) is 5.10 Å². The molecule has 1 heterocycles. The van der Waals surface area contributed by atoms with Crippen molar-refractivity contribution in [2.45, 2.75) is 13.1 Å². The maximum Gasteiger partial charge on any atom is 0.453 e. The first-order valence-corrected chi connectivity index (χ1v) is 7.77. The Balaban J connectivity index is 2.42. The van der Waals surface area contributed by atoms with Crippen LogP contribution in [0.3, 0.4) is 0 Å². The molecule has 0 aliphatic rings. The van der Waals surface area contributed by atoms with Gasteiger partial charge in [-0.3, -0.25) is 0 Å². The van der Waals surface area contributed by atoms with E-state index in [1.54, 1.807) is 12.1 Å². The minimum absolute atomic E-state index is 0.268. The van der Waals surface area contributed by atoms with Crippen LogP contribution in [0, 0.1) is 4.77 Å². The molecule has 2 rings (SSSR count). The molecule has 0 atom stereocenters. The fraction of sp³-hybridized carbons (Fsp3) is 0.308. The van der Waals surface area contributed by atoms with Crippen molar-refractivity contribution in [3.63, 3.8) is 0 Å². The number of nitrogens with one attached hydrogen (secondary N) is 1. The van der Waals surface area contributed by atoms with E-state index in [2.05, 4.69) is 31.2 Å². The number of alkyl halides is 3. The average molecular weight is 425 g/mol. The van der Waals surface area contributed by atoms with Gasteiger partial charge in [0, 0.05) is 0 Å². The molecule has 2 aromatic rings. The van der Waals surface area contributed by atoms with Crippen LogP contribution in [-0.2, 0) is 6.18 Å². The van der Waals surface area contributed by atoms with E-state index in [9.17, 15) is 13.2 Å². The molecule has 6 nitrogen and oxygen atoms in total. The van der Waals surface area contributed by atoms with Crippen LogP contribution in [0.5, 0.6) is 11.5 Å². The number of H-pyrrole nitrogens is 1. The molecule has 0 radical (unpaired) electrons. The summed E-state index contributed by atoms with van der Waals surface area (Å²) < 4.78 is 50.0. The summed E-state index contributed by atoms with van der Waals surface area (Å²) in [6.45, 7) is 2.25. The van der Waals surface area contributed by atoms with Crippen molar-refractivity contribution in [3.8, 4) is 11.5 Å². The van der Waals surface area contributed by atoms with Crippen LogP contribution >= 0.6 is 28.1 Å². The molecule has 1 aromatic carbocycles. The van der Waals surface area contributed by atoms with Gasteiger partial charge in [0.2, 0.25) is 4.77 Å². The summed E-state index contributed by atoms with van der Waals surface area (Å²) >= 11 is 8.09. The van der Waals surface area contributed by atoms with Crippen LogP contribution in [-0.4, -0.2) is 34.8 Å². The quantitative estimate of drug-likeness (QED) is 0.581. The topological polar surface area (TPSA) is 64.4 Å². The van der Waals surface area contributed by atoms with Gasteiger partial charge in [0.05, 0.1) is 24.4 Å². The fourth-order valence-electron chi connectivity index (χ4n) is 1.81. The summed E-state index contributed by atoms with van der Waals surface area (Å²) in [6, 6.07) is 3.21. The molecule has 1 N–H and O–H groups in total. The predicted molar refractivity (Wildman–Crippen MR) is 87.3 cm³/mol. The Morgan fingerprint density at radius 3 is 2.75 bits per heavy atom. The van der Waals surface area contributed by atoms with Crippen molar-refractivity contribution in [3.05, 3.63) is 32.8 Å². The van der Waals surface area contributed by atoms with Crippen LogP contribution in [0.25, 0.3) is 0 Å². The third-order valence-electron chi connectivity index (χ3n) is 2.77. The Bertz CT molecular complexity index is 817. The summed E-state index contributed by atoms with van der Waals surface area (Å²) in [5.41, 5.74) is 0.485. The van der Waals surface area contributed by atoms with Gasteiger partial charge in [-0.15, -0.1) is 5.10 Å². The molecule has 0 saturated heterocycles. The first-order chi connectivity index (χ1) is 11.3. The standard InChI is InChI=1S/C13H12BrF3N4O2S/c1-3-23-10-8(14)4-7(5-9(10)22-2)6-18-21-11(13(15,16)17)19-20-12(21)24/h4-6H,3H2,1-2H3,(H,20,24)/b18-6-. The van der Waals surface area contributed by atoms with Gasteiger partial charge in [0.25, 0.3) is 5.82 Å². The summed E-state index contributed by atoms with van der Waals surface area (Å²) in [4.78, 5) is 0. The van der Waals surface area contributed by atoms with Gasteiger partial charge >= 0.3 is 6.18 Å². The number of nitrogens with zero attached hydrogens (tertiary/aromatic N) is 3. The normalized spacial score (nSPS) is 11.9. The van der Waals surface area contributed by atoms with E-state index < -0.39 is 12.0 Å². The Hall–Kier alpha value is -1.88. The first kappa shape index (κ1) is 18.5. The summed E-state index contributed by atoms with van der Waals surface area (Å²) in [7, 11) is 1.46. The second kappa shape index (κ2) is 7.34. The van der Waals surface area contributed by atoms with Crippen LogP contribution in [0.15, 0.2) is 21.7 Å². The molecule has 11 heteroatoms.